The number of nitrogens with one attached hydrogen (secondary N) is 1. The number of methoxy groups -OCH3 is 2. The van der Waals surface area contributed by atoms with Crippen molar-refractivity contribution in [2.45, 2.75) is 52.7 Å². The number of rotatable bonds is 12. The van der Waals surface area contributed by atoms with Crippen LogP contribution in [-0.2, 0) is 26.2 Å². The van der Waals surface area contributed by atoms with Crippen LogP contribution in [0.5, 0.6) is 11.5 Å². The third-order valence-corrected chi connectivity index (χ3v) is 7.10. The summed E-state index contributed by atoms with van der Waals surface area (Å²) in [6, 6.07) is 11.4. The molecule has 10 heteroatoms. The molecule has 9 nitrogen and oxygen atoms in total. The fourth-order valence-corrected chi connectivity index (χ4v) is 4.37. The maximum Gasteiger partial charge on any atom is 0.244 e. The smallest absolute Gasteiger partial charge is 0.244 e. The SMILES string of the molecule is CC[C@H](C)NC(=O)[C@H](C)N(Cc1ccc(C)cc1)C(=O)CN(c1cc(OC)ccc1OC)S(C)(=O)=O. The van der Waals surface area contributed by atoms with Crippen LogP contribution < -0.4 is 19.1 Å². The molecule has 0 spiro atoms. The van der Waals surface area contributed by atoms with Gasteiger partial charge in [-0.05, 0) is 44.9 Å². The minimum Gasteiger partial charge on any atom is -0.497 e. The quantitative estimate of drug-likeness (QED) is 0.462. The van der Waals surface area contributed by atoms with Gasteiger partial charge in [0.25, 0.3) is 0 Å². The summed E-state index contributed by atoms with van der Waals surface area (Å²) in [6.07, 6.45) is 1.75. The zero-order valence-corrected chi connectivity index (χ0v) is 22.9. The number of hydrogen-bond donors (Lipinski definition) is 1. The summed E-state index contributed by atoms with van der Waals surface area (Å²) in [4.78, 5) is 28.0. The molecule has 198 valence electrons. The van der Waals surface area contributed by atoms with Gasteiger partial charge in [0.2, 0.25) is 21.8 Å². The van der Waals surface area contributed by atoms with Crippen molar-refractivity contribution >= 4 is 27.5 Å². The molecule has 2 aromatic carbocycles. The normalized spacial score (nSPS) is 12.9. The standard InChI is InChI=1S/C26H37N3O6S/c1-8-19(3)27-26(31)20(4)28(16-21-11-9-18(2)10-12-21)25(30)17-29(36(7,32)33)23-15-22(34-5)13-14-24(23)35-6/h9-15,19-20H,8,16-17H2,1-7H3,(H,27,31)/t19-,20-/m0/s1. The van der Waals surface area contributed by atoms with Crippen LogP contribution in [0.2, 0.25) is 0 Å². The Morgan fingerprint density at radius 3 is 2.19 bits per heavy atom. The Kier molecular flexibility index (Phi) is 10.2. The molecule has 0 aliphatic heterocycles. The molecule has 0 bridgehead atoms. The van der Waals surface area contributed by atoms with E-state index < -0.39 is 28.5 Å². The van der Waals surface area contributed by atoms with Gasteiger partial charge in [-0.3, -0.25) is 13.9 Å². The van der Waals surface area contributed by atoms with E-state index in [4.69, 9.17) is 9.47 Å². The molecule has 0 unspecified atom stereocenters. The number of hydrogen-bond acceptors (Lipinski definition) is 6. The van der Waals surface area contributed by atoms with E-state index in [0.29, 0.717) is 5.75 Å². The molecule has 0 fully saturated rings. The fourth-order valence-electron chi connectivity index (χ4n) is 3.52. The minimum atomic E-state index is -3.90. The Hall–Kier alpha value is -3.27. The summed E-state index contributed by atoms with van der Waals surface area (Å²) in [5.41, 5.74) is 2.05. The van der Waals surface area contributed by atoms with Crippen molar-refractivity contribution in [1.82, 2.24) is 10.2 Å². The molecule has 2 rings (SSSR count). The molecule has 36 heavy (non-hydrogen) atoms. The van der Waals surface area contributed by atoms with Gasteiger partial charge in [0.15, 0.2) is 0 Å². The Bertz CT molecular complexity index is 1150. The van der Waals surface area contributed by atoms with Crippen LogP contribution in [0.1, 0.15) is 38.3 Å². The third-order valence-electron chi connectivity index (χ3n) is 5.98. The molecular formula is C26H37N3O6S. The maximum atomic E-state index is 13.7. The third kappa shape index (κ3) is 7.61. The van der Waals surface area contributed by atoms with Crippen LogP contribution >= 0.6 is 0 Å². The molecule has 0 radical (unpaired) electrons. The first-order valence-electron chi connectivity index (χ1n) is 11.8. The zero-order chi connectivity index (χ0) is 27.0. The molecule has 0 aliphatic carbocycles. The lowest BCUT2D eigenvalue weighted by molar-refractivity contribution is -0.139. The van der Waals surface area contributed by atoms with Crippen LogP contribution in [0.15, 0.2) is 42.5 Å². The van der Waals surface area contributed by atoms with Crippen LogP contribution in [0.25, 0.3) is 0 Å². The lowest BCUT2D eigenvalue weighted by Crippen LogP contribution is -2.52. The van der Waals surface area contributed by atoms with Crippen LogP contribution in [0, 0.1) is 6.92 Å². The van der Waals surface area contributed by atoms with Gasteiger partial charge in [-0.1, -0.05) is 36.8 Å². The predicted molar refractivity (Wildman–Crippen MR) is 141 cm³/mol. The van der Waals surface area contributed by atoms with E-state index in [0.717, 1.165) is 28.1 Å². The van der Waals surface area contributed by atoms with Crippen molar-refractivity contribution in [1.29, 1.82) is 0 Å². The van der Waals surface area contributed by atoms with E-state index in [1.54, 1.807) is 19.1 Å². The van der Waals surface area contributed by atoms with Crippen molar-refractivity contribution in [3.63, 3.8) is 0 Å². The molecule has 2 atom stereocenters. The number of ether oxygens (including phenoxy) is 2. The maximum absolute atomic E-state index is 13.7. The first kappa shape index (κ1) is 29.0. The summed E-state index contributed by atoms with van der Waals surface area (Å²) in [5.74, 6) is -0.168. The second-order valence-electron chi connectivity index (χ2n) is 8.81. The molecule has 2 aromatic rings. The molecule has 0 aliphatic rings. The summed E-state index contributed by atoms with van der Waals surface area (Å²) in [6.45, 7) is 7.06. The monoisotopic (exact) mass is 519 g/mol. The molecule has 0 saturated heterocycles. The van der Waals surface area contributed by atoms with Gasteiger partial charge < -0.3 is 19.7 Å². The van der Waals surface area contributed by atoms with Gasteiger partial charge in [0.05, 0.1) is 26.2 Å². The number of aryl methyl sites for hydroxylation is 1. The van der Waals surface area contributed by atoms with Crippen molar-refractivity contribution in [2.24, 2.45) is 0 Å². The molecular weight excluding hydrogens is 482 g/mol. The van der Waals surface area contributed by atoms with Crippen molar-refractivity contribution in [3.05, 3.63) is 53.6 Å². The molecule has 2 amide bonds. The lowest BCUT2D eigenvalue weighted by atomic mass is 10.1. The van der Waals surface area contributed by atoms with Crippen molar-refractivity contribution in [2.75, 3.05) is 31.3 Å². The highest BCUT2D eigenvalue weighted by Gasteiger charge is 2.31. The Balaban J connectivity index is 2.47. The number of benzene rings is 2. The first-order valence-corrected chi connectivity index (χ1v) is 13.6. The summed E-state index contributed by atoms with van der Waals surface area (Å²) in [5, 5.41) is 2.91. The summed E-state index contributed by atoms with van der Waals surface area (Å²) >= 11 is 0. The topological polar surface area (TPSA) is 105 Å². The van der Waals surface area contributed by atoms with E-state index in [2.05, 4.69) is 5.32 Å². The van der Waals surface area contributed by atoms with E-state index in [-0.39, 0.29) is 29.9 Å². The lowest BCUT2D eigenvalue weighted by Gasteiger charge is -2.32. The number of carbonyl (C=O) groups excluding carboxylic acids is 2. The van der Waals surface area contributed by atoms with E-state index >= 15 is 0 Å². The van der Waals surface area contributed by atoms with Crippen LogP contribution in [0.3, 0.4) is 0 Å². The Labute approximate surface area is 214 Å². The largest absolute Gasteiger partial charge is 0.497 e. The molecule has 0 aromatic heterocycles. The van der Waals surface area contributed by atoms with Gasteiger partial charge in [0.1, 0.15) is 24.1 Å². The number of carbonyl (C=O) groups is 2. The minimum absolute atomic E-state index is 0.0650. The average molecular weight is 520 g/mol. The fraction of sp³-hybridized carbons (Fsp3) is 0.462. The molecule has 1 N–H and O–H groups in total. The summed E-state index contributed by atoms with van der Waals surface area (Å²) in [7, 11) is -1.03. The highest BCUT2D eigenvalue weighted by molar-refractivity contribution is 7.92. The highest BCUT2D eigenvalue weighted by Crippen LogP contribution is 2.34. The first-order chi connectivity index (χ1) is 16.9. The number of anilines is 1. The number of nitrogens with zero attached hydrogens (tertiary/aromatic N) is 2. The summed E-state index contributed by atoms with van der Waals surface area (Å²) < 4.78 is 37.2. The van der Waals surface area contributed by atoms with Gasteiger partial charge in [0, 0.05) is 18.7 Å². The predicted octanol–water partition coefficient (Wildman–Crippen LogP) is 3.11. The second-order valence-corrected chi connectivity index (χ2v) is 10.7. The van der Waals surface area contributed by atoms with Gasteiger partial charge in [-0.25, -0.2) is 8.42 Å². The van der Waals surface area contributed by atoms with Crippen LogP contribution in [-0.4, -0.2) is 64.2 Å². The molecule has 0 heterocycles. The Morgan fingerprint density at radius 2 is 1.67 bits per heavy atom. The van der Waals surface area contributed by atoms with Gasteiger partial charge >= 0.3 is 0 Å². The van der Waals surface area contributed by atoms with E-state index in [9.17, 15) is 18.0 Å². The highest BCUT2D eigenvalue weighted by atomic mass is 32.2. The van der Waals surface area contributed by atoms with E-state index in [1.807, 2.05) is 45.0 Å². The van der Waals surface area contributed by atoms with Gasteiger partial charge in [-0.15, -0.1) is 0 Å². The van der Waals surface area contributed by atoms with E-state index in [1.165, 1.54) is 25.2 Å². The second kappa shape index (κ2) is 12.6. The number of sulfonamides is 1. The molecule has 0 saturated carbocycles. The van der Waals surface area contributed by atoms with Gasteiger partial charge in [-0.2, -0.15) is 0 Å². The Morgan fingerprint density at radius 1 is 1.03 bits per heavy atom. The average Bonchev–Trinajstić information content (AvgIpc) is 2.85. The van der Waals surface area contributed by atoms with Crippen molar-refractivity contribution < 1.29 is 27.5 Å². The zero-order valence-electron chi connectivity index (χ0n) is 22.1. The van der Waals surface area contributed by atoms with Crippen LogP contribution in [0.4, 0.5) is 5.69 Å². The van der Waals surface area contributed by atoms with Crippen molar-refractivity contribution in [3.8, 4) is 11.5 Å². The number of amides is 2.